The van der Waals surface area contributed by atoms with Gasteiger partial charge in [0.1, 0.15) is 5.75 Å². The van der Waals surface area contributed by atoms with E-state index in [1.165, 1.54) is 22.8 Å². The first kappa shape index (κ1) is 19.5. The van der Waals surface area contributed by atoms with Crippen LogP contribution in [0.3, 0.4) is 0 Å². The van der Waals surface area contributed by atoms with Gasteiger partial charge in [0, 0.05) is 38.2 Å². The summed E-state index contributed by atoms with van der Waals surface area (Å²) >= 11 is 0. The zero-order valence-corrected chi connectivity index (χ0v) is 15.6. The second-order valence-corrected chi connectivity index (χ2v) is 6.34. The Bertz CT molecular complexity index is 705. The van der Waals surface area contributed by atoms with Crippen LogP contribution < -0.4 is 10.1 Å². The lowest BCUT2D eigenvalue weighted by Crippen LogP contribution is -2.36. The molecule has 0 bridgehead atoms. The van der Waals surface area contributed by atoms with E-state index in [1.807, 2.05) is 11.0 Å². The number of benzene rings is 2. The van der Waals surface area contributed by atoms with Gasteiger partial charge in [-0.05, 0) is 29.7 Å². The molecule has 0 saturated carbocycles. The van der Waals surface area contributed by atoms with Crippen LogP contribution in [0.15, 0.2) is 36.4 Å². The lowest BCUT2D eigenvalue weighted by atomic mass is 10.0. The molecule has 1 aliphatic heterocycles. The number of fused-ring (bicyclic) bond motifs is 1. The summed E-state index contributed by atoms with van der Waals surface area (Å²) in [5, 5.41) is 5.92. The molecule has 1 aliphatic rings. The number of nitrogens with one attached hydrogen (secondary N) is 1. The summed E-state index contributed by atoms with van der Waals surface area (Å²) in [5.41, 5.74) is 1.18. The topological polar surface area (TPSA) is 41.6 Å². The van der Waals surface area contributed by atoms with Crippen LogP contribution >= 0.6 is 12.4 Å². The maximum atomic E-state index is 12.0. The quantitative estimate of drug-likeness (QED) is 0.795. The molecule has 1 fully saturated rings. The van der Waals surface area contributed by atoms with Crippen molar-refractivity contribution >= 4 is 29.1 Å². The molecule has 1 N–H and O–H groups in total. The Hall–Kier alpha value is -1.78. The first-order valence-corrected chi connectivity index (χ1v) is 8.82. The number of amides is 1. The average Bonchev–Trinajstić information content (AvgIpc) is 2.83. The summed E-state index contributed by atoms with van der Waals surface area (Å²) in [4.78, 5) is 14.0. The summed E-state index contributed by atoms with van der Waals surface area (Å²) < 4.78 is 5.53. The molecule has 0 aromatic heterocycles. The number of rotatable bonds is 6. The molecule has 0 unspecified atom stereocenters. The minimum atomic E-state index is 0. The van der Waals surface area contributed by atoms with Gasteiger partial charge in [-0.3, -0.25) is 4.79 Å². The number of hydrogen-bond donors (Lipinski definition) is 1. The average molecular weight is 363 g/mol. The minimum absolute atomic E-state index is 0. The molecule has 0 radical (unpaired) electrons. The van der Waals surface area contributed by atoms with Crippen molar-refractivity contribution in [3.8, 4) is 5.75 Å². The third kappa shape index (κ3) is 4.86. The van der Waals surface area contributed by atoms with E-state index in [2.05, 4.69) is 35.6 Å². The molecule has 136 valence electrons. The number of ether oxygens (including phenoxy) is 1. The first-order valence-electron chi connectivity index (χ1n) is 8.82. The van der Waals surface area contributed by atoms with Crippen LogP contribution in [-0.2, 0) is 11.3 Å². The Kier molecular flexibility index (Phi) is 7.53. The summed E-state index contributed by atoms with van der Waals surface area (Å²) in [6.45, 7) is 3.23. The predicted octanol–water partition coefficient (Wildman–Crippen LogP) is 3.76. The fourth-order valence-electron chi connectivity index (χ4n) is 3.39. The maximum Gasteiger partial charge on any atom is 0.222 e. The molecule has 1 saturated heterocycles. The van der Waals surface area contributed by atoms with Gasteiger partial charge < -0.3 is 15.0 Å². The Morgan fingerprint density at radius 1 is 1.12 bits per heavy atom. The number of hydrogen-bond acceptors (Lipinski definition) is 3. The number of carbonyl (C=O) groups is 1. The normalized spacial score (nSPS) is 14.9. The molecule has 0 atom stereocenters. The van der Waals surface area contributed by atoms with Crippen molar-refractivity contribution in [3.63, 3.8) is 0 Å². The standard InChI is InChI=1S/C20H26N2O2.ClH/c1-24-19-11-10-16-7-4-5-8-17(16)18(19)15-21-12-14-22-13-6-2-3-9-20(22)23;/h4-5,7-8,10-11,21H,2-3,6,9,12-15H2,1H3;1H. The lowest BCUT2D eigenvalue weighted by Gasteiger charge is -2.21. The van der Waals surface area contributed by atoms with Crippen molar-refractivity contribution in [2.45, 2.75) is 32.2 Å². The van der Waals surface area contributed by atoms with Crippen LogP contribution in [0.1, 0.15) is 31.2 Å². The molecule has 4 nitrogen and oxygen atoms in total. The van der Waals surface area contributed by atoms with Crippen molar-refractivity contribution in [2.24, 2.45) is 0 Å². The van der Waals surface area contributed by atoms with E-state index in [4.69, 9.17) is 4.74 Å². The highest BCUT2D eigenvalue weighted by atomic mass is 35.5. The number of methoxy groups -OCH3 is 1. The van der Waals surface area contributed by atoms with E-state index in [0.29, 0.717) is 12.3 Å². The van der Waals surface area contributed by atoms with E-state index in [0.717, 1.165) is 44.8 Å². The van der Waals surface area contributed by atoms with E-state index in [9.17, 15) is 4.79 Å². The summed E-state index contributed by atoms with van der Waals surface area (Å²) in [5.74, 6) is 1.21. The van der Waals surface area contributed by atoms with Crippen molar-refractivity contribution < 1.29 is 9.53 Å². The van der Waals surface area contributed by atoms with Gasteiger partial charge >= 0.3 is 0 Å². The molecule has 25 heavy (non-hydrogen) atoms. The third-order valence-electron chi connectivity index (χ3n) is 4.75. The fourth-order valence-corrected chi connectivity index (χ4v) is 3.39. The Balaban J connectivity index is 0.00000225. The Morgan fingerprint density at radius 2 is 1.96 bits per heavy atom. The molecule has 2 aromatic carbocycles. The zero-order valence-electron chi connectivity index (χ0n) is 14.8. The van der Waals surface area contributed by atoms with Gasteiger partial charge in [0.2, 0.25) is 5.91 Å². The van der Waals surface area contributed by atoms with Gasteiger partial charge in [-0.15, -0.1) is 12.4 Å². The molecule has 0 spiro atoms. The van der Waals surface area contributed by atoms with E-state index in [-0.39, 0.29) is 12.4 Å². The van der Waals surface area contributed by atoms with Crippen LogP contribution in [0, 0.1) is 0 Å². The van der Waals surface area contributed by atoms with Crippen molar-refractivity contribution in [2.75, 3.05) is 26.7 Å². The van der Waals surface area contributed by atoms with Crippen LogP contribution in [0.4, 0.5) is 0 Å². The minimum Gasteiger partial charge on any atom is -0.496 e. The predicted molar refractivity (Wildman–Crippen MR) is 105 cm³/mol. The largest absolute Gasteiger partial charge is 0.496 e. The van der Waals surface area contributed by atoms with Gasteiger partial charge in [-0.1, -0.05) is 36.8 Å². The summed E-state index contributed by atoms with van der Waals surface area (Å²) in [7, 11) is 1.71. The first-order chi connectivity index (χ1) is 11.8. The fraction of sp³-hybridized carbons (Fsp3) is 0.450. The van der Waals surface area contributed by atoms with Crippen LogP contribution in [0.2, 0.25) is 0 Å². The maximum absolute atomic E-state index is 12.0. The zero-order chi connectivity index (χ0) is 16.8. The SMILES string of the molecule is COc1ccc2ccccc2c1CNCCN1CCCCCC1=O.Cl. The van der Waals surface area contributed by atoms with E-state index >= 15 is 0 Å². The van der Waals surface area contributed by atoms with E-state index in [1.54, 1.807) is 7.11 Å². The molecule has 1 amide bonds. The van der Waals surface area contributed by atoms with Crippen molar-refractivity contribution in [1.29, 1.82) is 0 Å². The van der Waals surface area contributed by atoms with E-state index < -0.39 is 0 Å². The monoisotopic (exact) mass is 362 g/mol. The van der Waals surface area contributed by atoms with Crippen LogP contribution in [0.5, 0.6) is 5.75 Å². The van der Waals surface area contributed by atoms with Gasteiger partial charge in [0.15, 0.2) is 0 Å². The second-order valence-electron chi connectivity index (χ2n) is 6.34. The Morgan fingerprint density at radius 3 is 2.80 bits per heavy atom. The highest BCUT2D eigenvalue weighted by Crippen LogP contribution is 2.27. The molecular weight excluding hydrogens is 336 g/mol. The number of nitrogens with zero attached hydrogens (tertiary/aromatic N) is 1. The molecule has 3 rings (SSSR count). The van der Waals surface area contributed by atoms with Crippen LogP contribution in [-0.4, -0.2) is 37.6 Å². The second kappa shape index (κ2) is 9.64. The van der Waals surface area contributed by atoms with Gasteiger partial charge in [-0.25, -0.2) is 0 Å². The molecule has 0 aliphatic carbocycles. The van der Waals surface area contributed by atoms with Gasteiger partial charge in [0.05, 0.1) is 7.11 Å². The highest BCUT2D eigenvalue weighted by Gasteiger charge is 2.15. The van der Waals surface area contributed by atoms with Crippen molar-refractivity contribution in [3.05, 3.63) is 42.0 Å². The summed E-state index contributed by atoms with van der Waals surface area (Å²) in [6.07, 6.45) is 4.04. The van der Waals surface area contributed by atoms with Gasteiger partial charge in [-0.2, -0.15) is 0 Å². The third-order valence-corrected chi connectivity index (χ3v) is 4.75. The summed E-state index contributed by atoms with van der Waals surface area (Å²) in [6, 6.07) is 12.5. The molecule has 2 aromatic rings. The number of halogens is 1. The van der Waals surface area contributed by atoms with Gasteiger partial charge in [0.25, 0.3) is 0 Å². The lowest BCUT2D eigenvalue weighted by molar-refractivity contribution is -0.130. The molecule has 1 heterocycles. The number of carbonyl (C=O) groups excluding carboxylic acids is 1. The molecular formula is C20H27ClN2O2. The smallest absolute Gasteiger partial charge is 0.222 e. The highest BCUT2D eigenvalue weighted by molar-refractivity contribution is 5.87. The van der Waals surface area contributed by atoms with Crippen LogP contribution in [0.25, 0.3) is 10.8 Å². The molecule has 5 heteroatoms. The van der Waals surface area contributed by atoms with Crippen molar-refractivity contribution in [1.82, 2.24) is 10.2 Å². The number of likely N-dealkylation sites (tertiary alicyclic amines) is 1. The Labute approximate surface area is 155 Å².